The van der Waals surface area contributed by atoms with E-state index in [4.69, 9.17) is 0 Å². The Bertz CT molecular complexity index is 293. The molecule has 14 heavy (non-hydrogen) atoms. The molecule has 1 saturated carbocycles. The van der Waals surface area contributed by atoms with Crippen LogP contribution in [0.3, 0.4) is 0 Å². The van der Waals surface area contributed by atoms with Crippen LogP contribution in [-0.4, -0.2) is 17.3 Å². The summed E-state index contributed by atoms with van der Waals surface area (Å²) in [4.78, 5) is 4.33. The van der Waals surface area contributed by atoms with Gasteiger partial charge in [0.05, 0.1) is 16.9 Å². The van der Waals surface area contributed by atoms with Gasteiger partial charge in [-0.1, -0.05) is 0 Å². The summed E-state index contributed by atoms with van der Waals surface area (Å²) >= 11 is 1.68. The fraction of sp³-hybridized carbons (Fsp3) is 0.545. The Morgan fingerprint density at radius 2 is 2.29 bits per heavy atom. The number of rotatable bonds is 4. The van der Waals surface area contributed by atoms with Gasteiger partial charge < -0.3 is 5.32 Å². The molecule has 1 aromatic heterocycles. The van der Waals surface area contributed by atoms with Crippen LogP contribution in [0.2, 0.25) is 0 Å². The van der Waals surface area contributed by atoms with Gasteiger partial charge in [0.2, 0.25) is 0 Å². The Morgan fingerprint density at radius 3 is 2.79 bits per heavy atom. The molecule has 3 heteroatoms. The number of hydrogen-bond donors (Lipinski definition) is 1. The summed E-state index contributed by atoms with van der Waals surface area (Å²) in [5.74, 6) is 0.884. The van der Waals surface area contributed by atoms with Crippen LogP contribution in [0.15, 0.2) is 23.4 Å². The number of anilines is 1. The lowest BCUT2D eigenvalue weighted by Gasteiger charge is -2.13. The van der Waals surface area contributed by atoms with Gasteiger partial charge >= 0.3 is 0 Å². The minimum atomic E-state index is 0.594. The number of hydrogen-bond acceptors (Lipinski definition) is 3. The second kappa shape index (κ2) is 4.22. The molecule has 76 valence electrons. The average molecular weight is 208 g/mol. The minimum Gasteiger partial charge on any atom is -0.381 e. The fourth-order valence-electron chi connectivity index (χ4n) is 1.56. The molecular formula is C11H16N2S. The number of nitrogens with zero attached hydrogens (tertiary/aromatic N) is 1. The number of nitrogens with one attached hydrogen (secondary N) is 1. The van der Waals surface area contributed by atoms with Crippen molar-refractivity contribution in [3.05, 3.63) is 18.3 Å². The quantitative estimate of drug-likeness (QED) is 0.770. The van der Waals surface area contributed by atoms with Gasteiger partial charge in [0.1, 0.15) is 0 Å². The predicted molar refractivity (Wildman–Crippen MR) is 61.8 cm³/mol. The van der Waals surface area contributed by atoms with Crippen molar-refractivity contribution in [3.63, 3.8) is 0 Å². The van der Waals surface area contributed by atoms with Crippen LogP contribution in [0, 0.1) is 5.92 Å². The zero-order chi connectivity index (χ0) is 9.97. The van der Waals surface area contributed by atoms with E-state index in [9.17, 15) is 0 Å². The van der Waals surface area contributed by atoms with Crippen molar-refractivity contribution in [1.29, 1.82) is 0 Å². The van der Waals surface area contributed by atoms with E-state index in [-0.39, 0.29) is 0 Å². The van der Waals surface area contributed by atoms with Crippen molar-refractivity contribution >= 4 is 17.4 Å². The molecule has 0 saturated heterocycles. The first-order valence-corrected chi connectivity index (χ1v) is 6.28. The first-order valence-electron chi connectivity index (χ1n) is 5.06. The van der Waals surface area contributed by atoms with Gasteiger partial charge in [0, 0.05) is 6.04 Å². The zero-order valence-electron chi connectivity index (χ0n) is 8.66. The third-order valence-corrected chi connectivity index (χ3v) is 3.33. The van der Waals surface area contributed by atoms with Crippen LogP contribution >= 0.6 is 11.8 Å². The monoisotopic (exact) mass is 208 g/mol. The SMILES string of the molecule is CSc1ccc(NC(C)C2CC2)cn1. The Labute approximate surface area is 89.5 Å². The van der Waals surface area contributed by atoms with E-state index in [1.165, 1.54) is 12.8 Å². The predicted octanol–water partition coefficient (Wildman–Crippen LogP) is 3.01. The van der Waals surface area contributed by atoms with Crippen molar-refractivity contribution in [2.45, 2.75) is 30.8 Å². The molecule has 2 rings (SSSR count). The normalized spacial score (nSPS) is 17.9. The third kappa shape index (κ3) is 2.41. The Morgan fingerprint density at radius 1 is 1.50 bits per heavy atom. The molecule has 1 aromatic rings. The van der Waals surface area contributed by atoms with Gasteiger partial charge in [0.15, 0.2) is 0 Å². The van der Waals surface area contributed by atoms with Crippen LogP contribution in [0.4, 0.5) is 5.69 Å². The van der Waals surface area contributed by atoms with E-state index >= 15 is 0 Å². The molecule has 0 aliphatic heterocycles. The molecule has 1 heterocycles. The lowest BCUT2D eigenvalue weighted by Crippen LogP contribution is -2.17. The third-order valence-electron chi connectivity index (χ3n) is 2.67. The molecule has 0 radical (unpaired) electrons. The van der Waals surface area contributed by atoms with E-state index in [1.807, 2.05) is 12.5 Å². The highest BCUT2D eigenvalue weighted by molar-refractivity contribution is 7.98. The highest BCUT2D eigenvalue weighted by Gasteiger charge is 2.27. The van der Waals surface area contributed by atoms with Crippen LogP contribution in [-0.2, 0) is 0 Å². The summed E-state index contributed by atoms with van der Waals surface area (Å²) < 4.78 is 0. The molecule has 0 aromatic carbocycles. The maximum atomic E-state index is 4.33. The van der Waals surface area contributed by atoms with Gasteiger partial charge in [-0.25, -0.2) is 4.98 Å². The van der Waals surface area contributed by atoms with Gasteiger partial charge in [-0.2, -0.15) is 0 Å². The number of aromatic nitrogens is 1. The summed E-state index contributed by atoms with van der Waals surface area (Å²) in [5.41, 5.74) is 1.14. The fourth-order valence-corrected chi connectivity index (χ4v) is 1.93. The lowest BCUT2D eigenvalue weighted by molar-refractivity contribution is 0.693. The standard InChI is InChI=1S/C11H16N2S/c1-8(9-3-4-9)13-10-5-6-11(14-2)12-7-10/h5-9,13H,3-4H2,1-2H3. The van der Waals surface area contributed by atoms with Gasteiger partial charge in [-0.3, -0.25) is 0 Å². The van der Waals surface area contributed by atoms with Crippen LogP contribution in [0.5, 0.6) is 0 Å². The summed E-state index contributed by atoms with van der Waals surface area (Å²) in [6.45, 7) is 2.25. The van der Waals surface area contributed by atoms with E-state index in [2.05, 4.69) is 29.4 Å². The summed E-state index contributed by atoms with van der Waals surface area (Å²) in [5, 5.41) is 4.56. The average Bonchev–Trinajstić information content (AvgIpc) is 3.02. The topological polar surface area (TPSA) is 24.9 Å². The van der Waals surface area contributed by atoms with E-state index in [0.717, 1.165) is 16.6 Å². The molecule has 1 atom stereocenters. The molecular weight excluding hydrogens is 192 g/mol. The maximum Gasteiger partial charge on any atom is 0.0958 e. The van der Waals surface area contributed by atoms with E-state index in [0.29, 0.717) is 6.04 Å². The van der Waals surface area contributed by atoms with Crippen molar-refractivity contribution in [2.75, 3.05) is 11.6 Å². The highest BCUT2D eigenvalue weighted by atomic mass is 32.2. The maximum absolute atomic E-state index is 4.33. The molecule has 0 amide bonds. The van der Waals surface area contributed by atoms with Crippen molar-refractivity contribution in [3.8, 4) is 0 Å². The number of pyridine rings is 1. The van der Waals surface area contributed by atoms with Gasteiger partial charge in [-0.15, -0.1) is 11.8 Å². The molecule has 1 unspecified atom stereocenters. The van der Waals surface area contributed by atoms with E-state index < -0.39 is 0 Å². The van der Waals surface area contributed by atoms with E-state index in [1.54, 1.807) is 11.8 Å². The van der Waals surface area contributed by atoms with Crippen molar-refractivity contribution in [1.82, 2.24) is 4.98 Å². The molecule has 1 fully saturated rings. The smallest absolute Gasteiger partial charge is 0.0958 e. The molecule has 2 nitrogen and oxygen atoms in total. The van der Waals surface area contributed by atoms with Gasteiger partial charge in [-0.05, 0) is 44.1 Å². The molecule has 0 spiro atoms. The largest absolute Gasteiger partial charge is 0.381 e. The van der Waals surface area contributed by atoms with Crippen LogP contribution in [0.1, 0.15) is 19.8 Å². The zero-order valence-corrected chi connectivity index (χ0v) is 9.47. The molecule has 1 aliphatic rings. The van der Waals surface area contributed by atoms with Crippen LogP contribution in [0.25, 0.3) is 0 Å². The minimum absolute atomic E-state index is 0.594. The molecule has 1 N–H and O–H groups in total. The molecule has 1 aliphatic carbocycles. The van der Waals surface area contributed by atoms with Crippen molar-refractivity contribution in [2.24, 2.45) is 5.92 Å². The lowest BCUT2D eigenvalue weighted by atomic mass is 10.2. The second-order valence-electron chi connectivity index (χ2n) is 3.86. The Hall–Kier alpha value is -0.700. The summed E-state index contributed by atoms with van der Waals surface area (Å²) in [6.07, 6.45) is 6.72. The van der Waals surface area contributed by atoms with Crippen molar-refractivity contribution < 1.29 is 0 Å². The number of thioether (sulfide) groups is 1. The van der Waals surface area contributed by atoms with Gasteiger partial charge in [0.25, 0.3) is 0 Å². The summed E-state index contributed by atoms with van der Waals surface area (Å²) in [6, 6.07) is 4.77. The Balaban J connectivity index is 1.95. The second-order valence-corrected chi connectivity index (χ2v) is 4.69. The first kappa shape index (κ1) is 9.84. The first-order chi connectivity index (χ1) is 6.79. The molecule has 0 bridgehead atoms. The Kier molecular flexibility index (Phi) is 2.96. The van der Waals surface area contributed by atoms with Crippen LogP contribution < -0.4 is 5.32 Å². The summed E-state index contributed by atoms with van der Waals surface area (Å²) in [7, 11) is 0. The highest BCUT2D eigenvalue weighted by Crippen LogP contribution is 2.33.